The molecule has 4 rings (SSSR count). The van der Waals surface area contributed by atoms with Gasteiger partial charge in [0.05, 0.1) is 0 Å². The highest BCUT2D eigenvalue weighted by Gasteiger charge is 2.24. The molecule has 2 aromatic carbocycles. The maximum absolute atomic E-state index is 6.24. The lowest BCUT2D eigenvalue weighted by molar-refractivity contribution is -0.0836. The fraction of sp³-hybridized carbons (Fsp3) is 0.444. The number of anilines is 1. The average molecular weight is 297 g/mol. The van der Waals surface area contributed by atoms with Crippen LogP contribution in [-0.2, 0) is 0 Å². The fourth-order valence-corrected chi connectivity index (χ4v) is 3.50. The Labute approximate surface area is 131 Å². The molecule has 0 unspecified atom stereocenters. The van der Waals surface area contributed by atoms with Crippen molar-refractivity contribution in [1.82, 2.24) is 9.96 Å². The van der Waals surface area contributed by atoms with Gasteiger partial charge in [-0.15, -0.1) is 5.06 Å². The zero-order chi connectivity index (χ0) is 15.1. The quantitative estimate of drug-likeness (QED) is 0.922. The Balaban J connectivity index is 1.72. The maximum atomic E-state index is 6.24. The minimum atomic E-state index is 0.553. The number of nitrogens with one attached hydrogen (secondary N) is 1. The van der Waals surface area contributed by atoms with E-state index in [1.807, 2.05) is 0 Å². The van der Waals surface area contributed by atoms with Crippen LogP contribution in [0.15, 0.2) is 30.3 Å². The molecule has 1 fully saturated rings. The summed E-state index contributed by atoms with van der Waals surface area (Å²) in [6, 6.07) is 10.8. The van der Waals surface area contributed by atoms with Crippen LogP contribution >= 0.6 is 0 Å². The van der Waals surface area contributed by atoms with E-state index in [0.29, 0.717) is 5.92 Å². The molecule has 116 valence electrons. The van der Waals surface area contributed by atoms with Gasteiger partial charge in [0.1, 0.15) is 0 Å². The van der Waals surface area contributed by atoms with E-state index in [-0.39, 0.29) is 0 Å². The van der Waals surface area contributed by atoms with Gasteiger partial charge in [0.15, 0.2) is 5.75 Å². The third-order valence-corrected chi connectivity index (χ3v) is 4.83. The molecule has 22 heavy (non-hydrogen) atoms. The summed E-state index contributed by atoms with van der Waals surface area (Å²) in [5.74, 6) is 1.53. The molecule has 0 radical (unpaired) electrons. The van der Waals surface area contributed by atoms with Gasteiger partial charge in [-0.2, -0.15) is 0 Å². The van der Waals surface area contributed by atoms with Crippen molar-refractivity contribution in [3.05, 3.63) is 35.9 Å². The van der Waals surface area contributed by atoms with Crippen LogP contribution in [0.25, 0.3) is 10.8 Å². The van der Waals surface area contributed by atoms with Gasteiger partial charge in [0, 0.05) is 55.8 Å². The Bertz CT molecular complexity index is 692. The highest BCUT2D eigenvalue weighted by atomic mass is 16.7. The summed E-state index contributed by atoms with van der Waals surface area (Å²) in [6.07, 6.45) is 0. The molecule has 2 heterocycles. The second kappa shape index (κ2) is 5.45. The van der Waals surface area contributed by atoms with Crippen LogP contribution in [0.4, 0.5) is 5.69 Å². The van der Waals surface area contributed by atoms with E-state index < -0.39 is 0 Å². The van der Waals surface area contributed by atoms with Crippen LogP contribution in [0, 0.1) is 0 Å². The van der Waals surface area contributed by atoms with Gasteiger partial charge in [0.25, 0.3) is 0 Å². The molecule has 0 spiro atoms. The van der Waals surface area contributed by atoms with Crippen LogP contribution in [-0.4, -0.2) is 49.7 Å². The molecule has 2 aliphatic rings. The summed E-state index contributed by atoms with van der Waals surface area (Å²) in [6.45, 7) is 7.30. The second-order valence-electron chi connectivity index (χ2n) is 6.49. The maximum Gasteiger partial charge on any atom is 0.157 e. The number of likely N-dealkylation sites (N-methyl/N-ethyl adjacent to an activating group) is 1. The Kier molecular flexibility index (Phi) is 3.43. The highest BCUT2D eigenvalue weighted by Crippen LogP contribution is 2.42. The first-order chi connectivity index (χ1) is 10.7. The Hall–Kier alpha value is -1.78. The summed E-state index contributed by atoms with van der Waals surface area (Å²) in [5, 5.41) is 8.15. The van der Waals surface area contributed by atoms with Crippen molar-refractivity contribution in [2.24, 2.45) is 0 Å². The molecular weight excluding hydrogens is 274 g/mol. The van der Waals surface area contributed by atoms with E-state index in [2.05, 4.69) is 59.6 Å². The first-order valence-corrected chi connectivity index (χ1v) is 8.13. The predicted octanol–water partition coefficient (Wildman–Crippen LogP) is 2.91. The van der Waals surface area contributed by atoms with Crippen LogP contribution < -0.4 is 10.2 Å². The van der Waals surface area contributed by atoms with Crippen molar-refractivity contribution >= 4 is 16.5 Å². The average Bonchev–Trinajstić information content (AvgIpc) is 2.91. The van der Waals surface area contributed by atoms with E-state index in [9.17, 15) is 0 Å². The molecule has 0 saturated carbocycles. The summed E-state index contributed by atoms with van der Waals surface area (Å²) >= 11 is 0. The van der Waals surface area contributed by atoms with Gasteiger partial charge < -0.3 is 15.1 Å². The molecule has 0 aliphatic carbocycles. The molecule has 1 N–H and O–H groups in total. The Morgan fingerprint density at radius 3 is 2.59 bits per heavy atom. The Morgan fingerprint density at radius 1 is 1.09 bits per heavy atom. The predicted molar refractivity (Wildman–Crippen MR) is 90.6 cm³/mol. The molecule has 0 amide bonds. The van der Waals surface area contributed by atoms with Crippen LogP contribution in [0.1, 0.15) is 18.4 Å². The molecule has 2 aromatic rings. The van der Waals surface area contributed by atoms with Crippen molar-refractivity contribution in [1.29, 1.82) is 0 Å². The van der Waals surface area contributed by atoms with Crippen LogP contribution in [0.2, 0.25) is 0 Å². The van der Waals surface area contributed by atoms with E-state index in [1.54, 1.807) is 0 Å². The summed E-state index contributed by atoms with van der Waals surface area (Å²) in [4.78, 5) is 8.58. The van der Waals surface area contributed by atoms with Crippen LogP contribution in [0.5, 0.6) is 5.75 Å². The SMILES string of the molecule is C[C@@H]1CNc2cc(ON3CCN(C)CC3)c3ccccc3c21. The smallest absolute Gasteiger partial charge is 0.157 e. The third-order valence-electron chi connectivity index (χ3n) is 4.83. The first-order valence-electron chi connectivity index (χ1n) is 8.13. The second-order valence-corrected chi connectivity index (χ2v) is 6.49. The number of piperazine rings is 1. The third kappa shape index (κ3) is 2.32. The van der Waals surface area contributed by atoms with Gasteiger partial charge in [-0.3, -0.25) is 0 Å². The van der Waals surface area contributed by atoms with E-state index in [0.717, 1.165) is 38.5 Å². The van der Waals surface area contributed by atoms with Crippen molar-refractivity contribution in [3.63, 3.8) is 0 Å². The zero-order valence-electron chi connectivity index (χ0n) is 13.3. The van der Waals surface area contributed by atoms with E-state index in [4.69, 9.17) is 4.84 Å². The van der Waals surface area contributed by atoms with Gasteiger partial charge in [-0.25, -0.2) is 0 Å². The molecule has 0 aromatic heterocycles. The summed E-state index contributed by atoms with van der Waals surface area (Å²) in [7, 11) is 2.16. The van der Waals surface area contributed by atoms with Gasteiger partial charge in [-0.05, 0) is 18.0 Å². The van der Waals surface area contributed by atoms with Crippen molar-refractivity contribution in [3.8, 4) is 5.75 Å². The normalized spacial score (nSPS) is 22.5. The minimum absolute atomic E-state index is 0.553. The van der Waals surface area contributed by atoms with Gasteiger partial charge in [-0.1, -0.05) is 31.2 Å². The number of hydrogen-bond acceptors (Lipinski definition) is 4. The number of hydroxylamine groups is 2. The van der Waals surface area contributed by atoms with Crippen molar-refractivity contribution < 1.29 is 4.84 Å². The number of fused-ring (bicyclic) bond motifs is 3. The lowest BCUT2D eigenvalue weighted by atomic mass is 9.95. The molecule has 1 atom stereocenters. The van der Waals surface area contributed by atoms with E-state index >= 15 is 0 Å². The molecular formula is C18H23N3O. The lowest BCUT2D eigenvalue weighted by Crippen LogP contribution is -2.45. The number of hydrogen-bond donors (Lipinski definition) is 1. The molecule has 2 aliphatic heterocycles. The first kappa shape index (κ1) is 13.9. The standard InChI is InChI=1S/C18H23N3O/c1-13-12-19-16-11-17(22-21-9-7-20(2)8-10-21)14-5-3-4-6-15(14)18(13)16/h3-6,11,13,19H,7-10,12H2,1-2H3/t13-/m1/s1. The highest BCUT2D eigenvalue weighted by molar-refractivity contribution is 5.96. The summed E-state index contributed by atoms with van der Waals surface area (Å²) in [5.41, 5.74) is 2.66. The topological polar surface area (TPSA) is 27.7 Å². The van der Waals surface area contributed by atoms with Gasteiger partial charge >= 0.3 is 0 Å². The molecule has 4 heteroatoms. The molecule has 4 nitrogen and oxygen atoms in total. The number of benzene rings is 2. The number of rotatable bonds is 2. The van der Waals surface area contributed by atoms with Crippen LogP contribution in [0.3, 0.4) is 0 Å². The zero-order valence-corrected chi connectivity index (χ0v) is 13.3. The van der Waals surface area contributed by atoms with Crippen molar-refractivity contribution in [2.75, 3.05) is 45.1 Å². The lowest BCUT2D eigenvalue weighted by Gasteiger charge is -2.32. The molecule has 1 saturated heterocycles. The summed E-state index contributed by atoms with van der Waals surface area (Å²) < 4.78 is 0. The largest absolute Gasteiger partial charge is 0.405 e. The molecule has 0 bridgehead atoms. The Morgan fingerprint density at radius 2 is 1.82 bits per heavy atom. The fourth-order valence-electron chi connectivity index (χ4n) is 3.50. The minimum Gasteiger partial charge on any atom is -0.405 e. The monoisotopic (exact) mass is 297 g/mol. The van der Waals surface area contributed by atoms with E-state index in [1.165, 1.54) is 22.0 Å². The van der Waals surface area contributed by atoms with Crippen molar-refractivity contribution in [2.45, 2.75) is 12.8 Å². The van der Waals surface area contributed by atoms with Gasteiger partial charge in [0.2, 0.25) is 0 Å². The number of nitrogens with zero attached hydrogens (tertiary/aromatic N) is 2.